The van der Waals surface area contributed by atoms with Gasteiger partial charge >= 0.3 is 0 Å². The number of hydrogen-bond donors (Lipinski definition) is 0. The third kappa shape index (κ3) is 2.89. The standard InChI is InChI=1S/C14H26NO2/c1-12(2,3)11(16)10-8-13(4,5)15(17)14(6,7)9-10/h10H,8-9H2,1-7H3. The molecule has 0 aromatic rings. The van der Waals surface area contributed by atoms with Gasteiger partial charge in [0.1, 0.15) is 5.78 Å². The smallest absolute Gasteiger partial charge is 0.141 e. The Bertz CT molecular complexity index is 295. The Labute approximate surface area is 105 Å². The molecular formula is C14H26NO2. The van der Waals surface area contributed by atoms with Crippen LogP contribution in [0, 0.1) is 11.3 Å². The van der Waals surface area contributed by atoms with Crippen molar-refractivity contribution in [2.45, 2.75) is 72.4 Å². The minimum absolute atomic E-state index is 0.00481. The molecule has 1 saturated heterocycles. The quantitative estimate of drug-likeness (QED) is 0.706. The monoisotopic (exact) mass is 240 g/mol. The van der Waals surface area contributed by atoms with Crippen LogP contribution in [-0.4, -0.2) is 21.9 Å². The van der Waals surface area contributed by atoms with Crippen LogP contribution in [0.5, 0.6) is 0 Å². The highest BCUT2D eigenvalue weighted by Crippen LogP contribution is 2.42. The molecule has 3 nitrogen and oxygen atoms in total. The molecule has 99 valence electrons. The van der Waals surface area contributed by atoms with Gasteiger partial charge in [-0.2, -0.15) is 0 Å². The number of rotatable bonds is 1. The summed E-state index contributed by atoms with van der Waals surface area (Å²) in [6.07, 6.45) is 1.33. The highest BCUT2D eigenvalue weighted by Gasteiger charge is 2.49. The summed E-state index contributed by atoms with van der Waals surface area (Å²) in [5.74, 6) is 0.289. The second kappa shape index (κ2) is 4.06. The van der Waals surface area contributed by atoms with E-state index in [1.807, 2.05) is 48.5 Å². The van der Waals surface area contributed by atoms with Crippen LogP contribution in [-0.2, 0) is 10.0 Å². The molecule has 1 radical (unpaired) electrons. The fraction of sp³-hybridized carbons (Fsp3) is 0.929. The minimum Gasteiger partial charge on any atom is -0.299 e. The third-order valence-electron chi connectivity index (χ3n) is 3.70. The lowest BCUT2D eigenvalue weighted by Crippen LogP contribution is -2.59. The minimum atomic E-state index is -0.451. The lowest BCUT2D eigenvalue weighted by Gasteiger charge is -2.50. The number of hydroxylamine groups is 2. The summed E-state index contributed by atoms with van der Waals surface area (Å²) < 4.78 is 0. The second-order valence-corrected chi connectivity index (χ2v) is 7.64. The van der Waals surface area contributed by atoms with Gasteiger partial charge in [-0.1, -0.05) is 20.8 Å². The molecule has 0 atom stereocenters. The van der Waals surface area contributed by atoms with E-state index in [1.165, 1.54) is 5.06 Å². The molecule has 1 aliphatic rings. The average molecular weight is 240 g/mol. The van der Waals surface area contributed by atoms with Gasteiger partial charge in [-0.3, -0.25) is 4.79 Å². The summed E-state index contributed by atoms with van der Waals surface area (Å²) in [5, 5.41) is 13.4. The Morgan fingerprint density at radius 2 is 1.41 bits per heavy atom. The lowest BCUT2D eigenvalue weighted by atomic mass is 9.69. The highest BCUT2D eigenvalue weighted by atomic mass is 16.5. The van der Waals surface area contributed by atoms with Crippen LogP contribution in [0.15, 0.2) is 0 Å². The molecule has 0 saturated carbocycles. The zero-order chi connectivity index (χ0) is 13.6. The summed E-state index contributed by atoms with van der Waals surface area (Å²) in [5.41, 5.74) is -1.22. The van der Waals surface area contributed by atoms with E-state index in [2.05, 4.69) is 0 Å². The molecule has 1 aliphatic heterocycles. The molecule has 0 spiro atoms. The average Bonchev–Trinajstić information content (AvgIpc) is 2.10. The summed E-state index contributed by atoms with van der Waals surface area (Å²) in [7, 11) is 0. The molecule has 1 rings (SSSR count). The first kappa shape index (κ1) is 14.7. The SMILES string of the molecule is CC(C)(C)C(=O)C1CC(C)(C)N([O])C(C)(C)C1. The van der Waals surface area contributed by atoms with E-state index in [9.17, 15) is 10.0 Å². The molecule has 3 heteroatoms. The molecule has 0 bridgehead atoms. The largest absolute Gasteiger partial charge is 0.299 e. The van der Waals surface area contributed by atoms with Crippen LogP contribution in [0.1, 0.15) is 61.3 Å². The molecule has 0 amide bonds. The predicted octanol–water partition coefficient (Wildman–Crippen LogP) is 3.22. The Morgan fingerprint density at radius 3 is 1.71 bits per heavy atom. The van der Waals surface area contributed by atoms with Gasteiger partial charge in [0.2, 0.25) is 0 Å². The molecule has 1 heterocycles. The van der Waals surface area contributed by atoms with Crippen LogP contribution in [0.3, 0.4) is 0 Å². The molecule has 0 aliphatic carbocycles. The Morgan fingerprint density at radius 1 is 1.06 bits per heavy atom. The van der Waals surface area contributed by atoms with Crippen molar-refractivity contribution in [3.63, 3.8) is 0 Å². The van der Waals surface area contributed by atoms with Gasteiger partial charge < -0.3 is 0 Å². The van der Waals surface area contributed by atoms with Crippen LogP contribution < -0.4 is 0 Å². The number of hydrogen-bond acceptors (Lipinski definition) is 2. The first-order valence-corrected chi connectivity index (χ1v) is 6.40. The van der Waals surface area contributed by atoms with Crippen molar-refractivity contribution in [1.29, 1.82) is 0 Å². The Balaban J connectivity index is 2.97. The number of piperidine rings is 1. The lowest BCUT2D eigenvalue weighted by molar-refractivity contribution is -0.292. The Kier molecular flexibility index (Phi) is 3.50. The van der Waals surface area contributed by atoms with Gasteiger partial charge in [-0.15, -0.1) is 10.3 Å². The zero-order valence-corrected chi connectivity index (χ0v) is 12.3. The van der Waals surface area contributed by atoms with Crippen LogP contribution in [0.2, 0.25) is 0 Å². The van der Waals surface area contributed by atoms with E-state index in [4.69, 9.17) is 0 Å². The van der Waals surface area contributed by atoms with Crippen molar-refractivity contribution in [3.8, 4) is 0 Å². The maximum absolute atomic E-state index is 12.4. The van der Waals surface area contributed by atoms with E-state index < -0.39 is 11.1 Å². The molecule has 17 heavy (non-hydrogen) atoms. The summed E-state index contributed by atoms with van der Waals surface area (Å²) in [6, 6.07) is 0. The fourth-order valence-corrected chi connectivity index (χ4v) is 3.06. The van der Waals surface area contributed by atoms with Crippen LogP contribution in [0.4, 0.5) is 0 Å². The first-order chi connectivity index (χ1) is 7.38. The van der Waals surface area contributed by atoms with E-state index in [1.54, 1.807) is 0 Å². The maximum atomic E-state index is 12.4. The van der Waals surface area contributed by atoms with Crippen molar-refractivity contribution in [3.05, 3.63) is 0 Å². The van der Waals surface area contributed by atoms with Gasteiger partial charge in [-0.05, 0) is 40.5 Å². The summed E-state index contributed by atoms with van der Waals surface area (Å²) in [4.78, 5) is 12.4. The first-order valence-electron chi connectivity index (χ1n) is 6.40. The number of nitrogens with zero attached hydrogens (tertiary/aromatic N) is 1. The Hall–Kier alpha value is -0.410. The molecule has 0 unspecified atom stereocenters. The predicted molar refractivity (Wildman–Crippen MR) is 67.9 cm³/mol. The van der Waals surface area contributed by atoms with Gasteiger partial charge in [0.15, 0.2) is 0 Å². The van der Waals surface area contributed by atoms with Crippen molar-refractivity contribution in [2.75, 3.05) is 0 Å². The number of ketones is 1. The topological polar surface area (TPSA) is 40.2 Å². The summed E-state index contributed by atoms with van der Waals surface area (Å²) >= 11 is 0. The van der Waals surface area contributed by atoms with Crippen LogP contribution in [0.25, 0.3) is 0 Å². The molecule has 1 fully saturated rings. The van der Waals surface area contributed by atoms with E-state index in [0.29, 0.717) is 12.8 Å². The second-order valence-electron chi connectivity index (χ2n) is 7.64. The van der Waals surface area contributed by atoms with Crippen molar-refractivity contribution < 1.29 is 10.0 Å². The van der Waals surface area contributed by atoms with Crippen molar-refractivity contribution >= 4 is 5.78 Å². The number of carbonyl (C=O) groups excluding carboxylic acids is 1. The molecular weight excluding hydrogens is 214 g/mol. The highest BCUT2D eigenvalue weighted by molar-refractivity contribution is 5.86. The van der Waals surface area contributed by atoms with E-state index in [0.717, 1.165) is 0 Å². The maximum Gasteiger partial charge on any atom is 0.141 e. The van der Waals surface area contributed by atoms with Gasteiger partial charge in [-0.25, -0.2) is 0 Å². The molecule has 0 N–H and O–H groups in total. The normalized spacial score (nSPS) is 25.9. The van der Waals surface area contributed by atoms with E-state index >= 15 is 0 Å². The zero-order valence-electron chi connectivity index (χ0n) is 12.3. The summed E-state index contributed by atoms with van der Waals surface area (Å²) in [6.45, 7) is 13.6. The molecule has 0 aromatic carbocycles. The van der Waals surface area contributed by atoms with Crippen molar-refractivity contribution in [1.82, 2.24) is 5.06 Å². The van der Waals surface area contributed by atoms with Gasteiger partial charge in [0.05, 0.1) is 0 Å². The van der Waals surface area contributed by atoms with Crippen molar-refractivity contribution in [2.24, 2.45) is 11.3 Å². The fourth-order valence-electron chi connectivity index (χ4n) is 3.06. The van der Waals surface area contributed by atoms with Gasteiger partial charge in [0.25, 0.3) is 0 Å². The number of carbonyl (C=O) groups is 1. The van der Waals surface area contributed by atoms with E-state index in [-0.39, 0.29) is 17.1 Å². The molecule has 0 aromatic heterocycles. The number of Topliss-reactive ketones (excluding diaryl/α,β-unsaturated/α-hetero) is 1. The van der Waals surface area contributed by atoms with Crippen LogP contribution >= 0.6 is 0 Å². The van der Waals surface area contributed by atoms with Gasteiger partial charge in [0, 0.05) is 22.4 Å². The third-order valence-corrected chi connectivity index (χ3v) is 3.70.